The fourth-order valence-electron chi connectivity index (χ4n) is 2.36. The van der Waals surface area contributed by atoms with Crippen LogP contribution in [-0.2, 0) is 11.0 Å². The van der Waals surface area contributed by atoms with Crippen LogP contribution in [0.25, 0.3) is 0 Å². The first-order valence-electron chi connectivity index (χ1n) is 6.30. The maximum Gasteiger partial charge on any atom is 0.417 e. The molecule has 2 rings (SSSR count). The Morgan fingerprint density at radius 2 is 2.10 bits per heavy atom. The molecule has 110 valence electrons. The van der Waals surface area contributed by atoms with Crippen molar-refractivity contribution in [3.05, 3.63) is 23.9 Å². The van der Waals surface area contributed by atoms with E-state index < -0.39 is 17.7 Å². The lowest BCUT2D eigenvalue weighted by Crippen LogP contribution is -2.38. The molecule has 20 heavy (non-hydrogen) atoms. The maximum absolute atomic E-state index is 12.4. The molecular weight excluding hydrogens is 273 g/mol. The van der Waals surface area contributed by atoms with E-state index in [0.29, 0.717) is 12.4 Å². The summed E-state index contributed by atoms with van der Waals surface area (Å²) in [5.74, 6) is -0.526. The average Bonchev–Trinajstić information content (AvgIpc) is 2.31. The normalized spacial score (nSPS) is 17.4. The van der Waals surface area contributed by atoms with Gasteiger partial charge in [-0.1, -0.05) is 6.42 Å². The summed E-state index contributed by atoms with van der Waals surface area (Å²) < 4.78 is 37.1. The summed E-state index contributed by atoms with van der Waals surface area (Å²) in [6, 6.07) is 2.22. The van der Waals surface area contributed by atoms with Gasteiger partial charge in [0.05, 0.1) is 12.0 Å². The molecule has 1 aliphatic carbocycles. The van der Waals surface area contributed by atoms with Crippen LogP contribution in [0.4, 0.5) is 19.0 Å². The van der Waals surface area contributed by atoms with Crippen molar-refractivity contribution in [1.82, 2.24) is 4.98 Å². The van der Waals surface area contributed by atoms with Gasteiger partial charge in [0.2, 0.25) is 0 Å². The van der Waals surface area contributed by atoms with E-state index in [-0.39, 0.29) is 11.8 Å². The number of alkyl halides is 3. The summed E-state index contributed by atoms with van der Waals surface area (Å²) in [5, 5.41) is 11.8. The topological polar surface area (TPSA) is 62.2 Å². The SMILES string of the molecule is O=C(O)CC1(CNc2ccc(C(F)(F)F)cn2)CCC1. The van der Waals surface area contributed by atoms with Crippen molar-refractivity contribution in [2.75, 3.05) is 11.9 Å². The van der Waals surface area contributed by atoms with E-state index in [1.807, 2.05) is 0 Å². The quantitative estimate of drug-likeness (QED) is 0.873. The molecule has 2 N–H and O–H groups in total. The minimum absolute atomic E-state index is 0.0701. The van der Waals surface area contributed by atoms with Crippen molar-refractivity contribution in [3.8, 4) is 0 Å². The van der Waals surface area contributed by atoms with Gasteiger partial charge in [-0.05, 0) is 30.4 Å². The molecule has 0 bridgehead atoms. The number of rotatable bonds is 5. The number of carbonyl (C=O) groups is 1. The van der Waals surface area contributed by atoms with E-state index >= 15 is 0 Å². The Hall–Kier alpha value is -1.79. The highest BCUT2D eigenvalue weighted by atomic mass is 19.4. The van der Waals surface area contributed by atoms with Crippen molar-refractivity contribution in [3.63, 3.8) is 0 Å². The third-order valence-electron chi connectivity index (χ3n) is 3.68. The Morgan fingerprint density at radius 1 is 1.40 bits per heavy atom. The van der Waals surface area contributed by atoms with Crippen LogP contribution in [0.2, 0.25) is 0 Å². The van der Waals surface area contributed by atoms with Gasteiger partial charge < -0.3 is 10.4 Å². The number of carboxylic acid groups (broad SMARTS) is 1. The molecule has 1 saturated carbocycles. The highest BCUT2D eigenvalue weighted by Crippen LogP contribution is 2.44. The number of aromatic nitrogens is 1. The molecule has 7 heteroatoms. The monoisotopic (exact) mass is 288 g/mol. The molecule has 0 aliphatic heterocycles. The zero-order chi connectivity index (χ0) is 14.8. The van der Waals surface area contributed by atoms with Crippen LogP contribution < -0.4 is 5.32 Å². The Bertz CT molecular complexity index is 481. The summed E-state index contributed by atoms with van der Waals surface area (Å²) in [7, 11) is 0. The van der Waals surface area contributed by atoms with Gasteiger partial charge >= 0.3 is 12.1 Å². The largest absolute Gasteiger partial charge is 0.481 e. The van der Waals surface area contributed by atoms with Gasteiger partial charge in [0.1, 0.15) is 5.82 Å². The predicted molar refractivity (Wildman–Crippen MR) is 66.3 cm³/mol. The van der Waals surface area contributed by atoms with Crippen LogP contribution >= 0.6 is 0 Å². The second kappa shape index (κ2) is 5.30. The fourth-order valence-corrected chi connectivity index (χ4v) is 2.36. The number of pyridine rings is 1. The van der Waals surface area contributed by atoms with Crippen molar-refractivity contribution < 1.29 is 23.1 Å². The third-order valence-corrected chi connectivity index (χ3v) is 3.68. The molecule has 4 nitrogen and oxygen atoms in total. The first-order chi connectivity index (χ1) is 9.31. The van der Waals surface area contributed by atoms with Gasteiger partial charge in [0.25, 0.3) is 0 Å². The number of hydrogen-bond donors (Lipinski definition) is 2. The smallest absolute Gasteiger partial charge is 0.417 e. The van der Waals surface area contributed by atoms with Gasteiger partial charge in [0.15, 0.2) is 0 Å². The lowest BCUT2D eigenvalue weighted by molar-refractivity contribution is -0.141. The van der Waals surface area contributed by atoms with Gasteiger partial charge in [-0.15, -0.1) is 0 Å². The predicted octanol–water partition coefficient (Wildman–Crippen LogP) is 3.16. The molecule has 0 radical (unpaired) electrons. The number of aliphatic carboxylic acids is 1. The molecule has 0 atom stereocenters. The maximum atomic E-state index is 12.4. The number of halogens is 3. The van der Waals surface area contributed by atoms with Gasteiger partial charge in [-0.3, -0.25) is 4.79 Å². The Kier molecular flexibility index (Phi) is 3.87. The average molecular weight is 288 g/mol. The van der Waals surface area contributed by atoms with Gasteiger partial charge in [-0.2, -0.15) is 13.2 Å². The number of anilines is 1. The van der Waals surface area contributed by atoms with E-state index in [4.69, 9.17) is 5.11 Å². The molecule has 1 heterocycles. The third kappa shape index (κ3) is 3.40. The van der Waals surface area contributed by atoms with Crippen LogP contribution in [0.5, 0.6) is 0 Å². The molecule has 1 aromatic heterocycles. The first-order valence-corrected chi connectivity index (χ1v) is 6.30. The molecular formula is C13H15F3N2O2. The van der Waals surface area contributed by atoms with Crippen LogP contribution in [0.15, 0.2) is 18.3 Å². The number of carboxylic acids is 1. The molecule has 0 saturated heterocycles. The van der Waals surface area contributed by atoms with Gasteiger partial charge in [0, 0.05) is 12.7 Å². The zero-order valence-electron chi connectivity index (χ0n) is 10.7. The second-order valence-electron chi connectivity index (χ2n) is 5.21. The minimum atomic E-state index is -4.40. The lowest BCUT2D eigenvalue weighted by Gasteiger charge is -2.41. The van der Waals surface area contributed by atoms with Crippen molar-refractivity contribution in [2.45, 2.75) is 31.9 Å². The Labute approximate surface area is 114 Å². The van der Waals surface area contributed by atoms with Crippen LogP contribution in [-0.4, -0.2) is 22.6 Å². The molecule has 0 aromatic carbocycles. The van der Waals surface area contributed by atoms with E-state index in [9.17, 15) is 18.0 Å². The molecule has 0 amide bonds. The summed E-state index contributed by atoms with van der Waals surface area (Å²) in [4.78, 5) is 14.5. The van der Waals surface area contributed by atoms with Crippen LogP contribution in [0.1, 0.15) is 31.2 Å². The standard InChI is InChI=1S/C13H15F3N2O2/c14-13(15,16)9-2-3-10(17-7-9)18-8-12(4-1-5-12)6-11(19)20/h2-3,7H,1,4-6,8H2,(H,17,18)(H,19,20). The Morgan fingerprint density at radius 3 is 2.50 bits per heavy atom. The van der Waals surface area contributed by atoms with Crippen molar-refractivity contribution in [1.29, 1.82) is 0 Å². The highest BCUT2D eigenvalue weighted by Gasteiger charge is 2.39. The summed E-state index contributed by atoms with van der Waals surface area (Å²) in [6.45, 7) is 0.414. The first kappa shape index (κ1) is 14.6. The number of hydrogen-bond acceptors (Lipinski definition) is 3. The zero-order valence-corrected chi connectivity index (χ0v) is 10.7. The summed E-state index contributed by atoms with van der Waals surface area (Å²) in [5.41, 5.74) is -1.09. The van der Waals surface area contributed by atoms with Gasteiger partial charge in [-0.25, -0.2) is 4.98 Å². The van der Waals surface area contributed by atoms with E-state index in [2.05, 4.69) is 10.3 Å². The summed E-state index contributed by atoms with van der Waals surface area (Å²) >= 11 is 0. The molecule has 1 aliphatic rings. The number of nitrogens with zero attached hydrogens (tertiary/aromatic N) is 1. The van der Waals surface area contributed by atoms with E-state index in [0.717, 1.165) is 31.5 Å². The molecule has 0 spiro atoms. The van der Waals surface area contributed by atoms with Crippen LogP contribution in [0.3, 0.4) is 0 Å². The van der Waals surface area contributed by atoms with E-state index in [1.54, 1.807) is 0 Å². The molecule has 1 aromatic rings. The van der Waals surface area contributed by atoms with Crippen molar-refractivity contribution >= 4 is 11.8 Å². The minimum Gasteiger partial charge on any atom is -0.481 e. The fraction of sp³-hybridized carbons (Fsp3) is 0.538. The van der Waals surface area contributed by atoms with Crippen molar-refractivity contribution in [2.24, 2.45) is 5.41 Å². The lowest BCUT2D eigenvalue weighted by atomic mass is 9.66. The highest BCUT2D eigenvalue weighted by molar-refractivity contribution is 5.68. The molecule has 0 unspecified atom stereocenters. The second-order valence-corrected chi connectivity index (χ2v) is 5.21. The van der Waals surface area contributed by atoms with E-state index in [1.165, 1.54) is 6.07 Å². The Balaban J connectivity index is 1.95. The molecule has 1 fully saturated rings. The summed E-state index contributed by atoms with van der Waals surface area (Å²) in [6.07, 6.45) is -0.951. The number of nitrogens with one attached hydrogen (secondary N) is 1. The van der Waals surface area contributed by atoms with Crippen LogP contribution in [0, 0.1) is 5.41 Å².